The minimum atomic E-state index is -4.36. The van der Waals surface area contributed by atoms with Crippen LogP contribution in [0.2, 0.25) is 0 Å². The second kappa shape index (κ2) is 8.79. The van der Waals surface area contributed by atoms with Crippen molar-refractivity contribution in [3.05, 3.63) is 65.6 Å². The maximum Gasteiger partial charge on any atom is 0.416 e. The second-order valence-corrected chi connectivity index (χ2v) is 8.92. The minimum absolute atomic E-state index is 0.0219. The third kappa shape index (κ3) is 4.40. The number of nitrogens with one attached hydrogen (secondary N) is 2. The van der Waals surface area contributed by atoms with Gasteiger partial charge in [-0.1, -0.05) is 12.1 Å². The fourth-order valence-corrected chi connectivity index (χ4v) is 4.74. The number of hydrogen-bond acceptors (Lipinski definition) is 3. The summed E-state index contributed by atoms with van der Waals surface area (Å²) >= 11 is 0. The van der Waals surface area contributed by atoms with Crippen molar-refractivity contribution >= 4 is 27.8 Å². The Balaban J connectivity index is 1.17. The molecule has 2 aromatic heterocycles. The summed E-state index contributed by atoms with van der Waals surface area (Å²) in [5.74, 6) is 0.754. The first-order chi connectivity index (χ1) is 16.3. The molecule has 0 spiro atoms. The number of halogens is 3. The molecule has 0 aliphatic carbocycles. The van der Waals surface area contributed by atoms with Crippen molar-refractivity contribution in [2.24, 2.45) is 13.0 Å². The number of para-hydroxylation sites is 2. The van der Waals surface area contributed by atoms with Gasteiger partial charge in [-0.25, -0.2) is 4.98 Å². The predicted molar refractivity (Wildman–Crippen MR) is 124 cm³/mol. The van der Waals surface area contributed by atoms with Crippen LogP contribution in [0.3, 0.4) is 0 Å². The van der Waals surface area contributed by atoms with Crippen LogP contribution in [0.25, 0.3) is 21.9 Å². The van der Waals surface area contributed by atoms with Gasteiger partial charge in [0.25, 0.3) is 0 Å². The molecule has 4 aromatic rings. The van der Waals surface area contributed by atoms with Gasteiger partial charge in [0, 0.05) is 36.6 Å². The maximum absolute atomic E-state index is 13.1. The number of aromatic nitrogens is 3. The van der Waals surface area contributed by atoms with E-state index in [0.29, 0.717) is 36.8 Å². The summed E-state index contributed by atoms with van der Waals surface area (Å²) < 4.78 is 41.3. The van der Waals surface area contributed by atoms with E-state index in [0.717, 1.165) is 41.6 Å². The van der Waals surface area contributed by atoms with Gasteiger partial charge in [0.05, 0.1) is 23.1 Å². The zero-order valence-corrected chi connectivity index (χ0v) is 18.8. The quantitative estimate of drug-likeness (QED) is 0.449. The molecule has 34 heavy (non-hydrogen) atoms. The summed E-state index contributed by atoms with van der Waals surface area (Å²) in [7, 11) is 1.94. The van der Waals surface area contributed by atoms with Crippen LogP contribution in [0.1, 0.15) is 29.8 Å². The number of aryl methyl sites for hydroxylation is 1. The van der Waals surface area contributed by atoms with Crippen molar-refractivity contribution in [2.75, 3.05) is 13.1 Å². The van der Waals surface area contributed by atoms with E-state index in [1.54, 1.807) is 6.20 Å². The molecule has 1 aliphatic rings. The van der Waals surface area contributed by atoms with E-state index < -0.39 is 11.7 Å². The van der Waals surface area contributed by atoms with Crippen LogP contribution in [0, 0.1) is 5.92 Å². The molecule has 1 saturated heterocycles. The fraction of sp³-hybridized carbons (Fsp3) is 0.360. The molecule has 0 bridgehead atoms. The fourth-order valence-electron chi connectivity index (χ4n) is 4.74. The highest BCUT2D eigenvalue weighted by molar-refractivity contribution is 5.84. The number of benzene rings is 2. The lowest BCUT2D eigenvalue weighted by Crippen LogP contribution is -2.40. The van der Waals surface area contributed by atoms with Gasteiger partial charge in [0.2, 0.25) is 5.91 Å². The summed E-state index contributed by atoms with van der Waals surface area (Å²) in [5, 5.41) is 3.62. The molecule has 0 atom stereocenters. The molecular weight excluding hydrogens is 443 g/mol. The SMILES string of the molecule is Cn1c(CNC(=O)C2CCN(Cc3c[nH]c4ccc(C(F)(F)F)cc34)CC2)nc2ccccc21. The van der Waals surface area contributed by atoms with Gasteiger partial charge in [0.1, 0.15) is 5.82 Å². The maximum atomic E-state index is 13.1. The van der Waals surface area contributed by atoms with Crippen LogP contribution >= 0.6 is 0 Å². The Hall–Kier alpha value is -3.33. The van der Waals surface area contributed by atoms with Crippen LogP contribution in [-0.4, -0.2) is 38.4 Å². The average Bonchev–Trinajstić information content (AvgIpc) is 3.38. The third-order valence-corrected chi connectivity index (χ3v) is 6.75. The van der Waals surface area contributed by atoms with Crippen LogP contribution in [0.5, 0.6) is 0 Å². The van der Waals surface area contributed by atoms with Crippen molar-refractivity contribution in [2.45, 2.75) is 32.1 Å². The van der Waals surface area contributed by atoms with Gasteiger partial charge in [-0.2, -0.15) is 13.2 Å². The Kier molecular flexibility index (Phi) is 5.81. The zero-order chi connectivity index (χ0) is 23.9. The van der Waals surface area contributed by atoms with E-state index in [-0.39, 0.29) is 11.8 Å². The lowest BCUT2D eigenvalue weighted by atomic mass is 9.95. The first-order valence-electron chi connectivity index (χ1n) is 11.4. The first kappa shape index (κ1) is 22.5. The Labute approximate surface area is 194 Å². The van der Waals surface area contributed by atoms with Crippen molar-refractivity contribution in [1.29, 1.82) is 0 Å². The summed E-state index contributed by atoms with van der Waals surface area (Å²) in [6.07, 6.45) is -1.16. The van der Waals surface area contributed by atoms with E-state index >= 15 is 0 Å². The molecule has 0 saturated carbocycles. The number of likely N-dealkylation sites (tertiary alicyclic amines) is 1. The number of hydrogen-bond donors (Lipinski definition) is 2. The Bertz CT molecular complexity index is 1330. The van der Waals surface area contributed by atoms with Crippen LogP contribution in [0.15, 0.2) is 48.7 Å². The molecule has 1 fully saturated rings. The summed E-state index contributed by atoms with van der Waals surface area (Å²) in [4.78, 5) is 22.6. The lowest BCUT2D eigenvalue weighted by Gasteiger charge is -2.31. The molecule has 1 amide bonds. The molecule has 0 unspecified atom stereocenters. The number of alkyl halides is 3. The van der Waals surface area contributed by atoms with E-state index in [1.807, 2.05) is 35.9 Å². The highest BCUT2D eigenvalue weighted by Gasteiger charge is 2.31. The summed E-state index contributed by atoms with van der Waals surface area (Å²) in [6.45, 7) is 2.36. The normalized spacial score (nSPS) is 15.9. The first-order valence-corrected chi connectivity index (χ1v) is 11.4. The monoisotopic (exact) mass is 469 g/mol. The molecule has 6 nitrogen and oxygen atoms in total. The van der Waals surface area contributed by atoms with E-state index in [4.69, 9.17) is 0 Å². The number of rotatable bonds is 5. The van der Waals surface area contributed by atoms with Gasteiger partial charge >= 0.3 is 6.18 Å². The number of fused-ring (bicyclic) bond motifs is 2. The number of carbonyl (C=O) groups excluding carboxylic acids is 1. The highest BCUT2D eigenvalue weighted by atomic mass is 19.4. The van der Waals surface area contributed by atoms with Gasteiger partial charge in [-0.15, -0.1) is 0 Å². The zero-order valence-electron chi connectivity index (χ0n) is 18.8. The lowest BCUT2D eigenvalue weighted by molar-refractivity contribution is -0.137. The number of carbonyl (C=O) groups is 1. The predicted octanol–water partition coefficient (Wildman–Crippen LogP) is 4.60. The van der Waals surface area contributed by atoms with Crippen molar-refractivity contribution in [1.82, 2.24) is 24.8 Å². The van der Waals surface area contributed by atoms with E-state index in [9.17, 15) is 18.0 Å². The Morgan fingerprint density at radius 2 is 1.94 bits per heavy atom. The van der Waals surface area contributed by atoms with Gasteiger partial charge in [-0.3, -0.25) is 9.69 Å². The van der Waals surface area contributed by atoms with Crippen molar-refractivity contribution in [3.8, 4) is 0 Å². The second-order valence-electron chi connectivity index (χ2n) is 8.92. The molecule has 3 heterocycles. The smallest absolute Gasteiger partial charge is 0.361 e. The largest absolute Gasteiger partial charge is 0.416 e. The molecule has 2 aromatic carbocycles. The van der Waals surface area contributed by atoms with E-state index in [1.165, 1.54) is 12.1 Å². The van der Waals surface area contributed by atoms with E-state index in [2.05, 4.69) is 20.2 Å². The summed E-state index contributed by atoms with van der Waals surface area (Å²) in [5.41, 5.74) is 2.82. The topological polar surface area (TPSA) is 66.0 Å². The molecular formula is C25H26F3N5O. The van der Waals surface area contributed by atoms with Crippen LogP contribution < -0.4 is 5.32 Å². The standard InChI is InChI=1S/C25H26F3N5O/c1-32-22-5-3-2-4-21(22)31-23(32)14-30-24(34)16-8-10-33(11-9-16)15-17-13-29-20-7-6-18(12-19(17)20)25(26,27)28/h2-7,12-13,16,29H,8-11,14-15H2,1H3,(H,30,34). The van der Waals surface area contributed by atoms with Gasteiger partial charge < -0.3 is 14.9 Å². The van der Waals surface area contributed by atoms with Gasteiger partial charge in [-0.05, 0) is 61.8 Å². The molecule has 2 N–H and O–H groups in total. The molecule has 5 rings (SSSR count). The number of H-pyrrole nitrogens is 1. The average molecular weight is 470 g/mol. The third-order valence-electron chi connectivity index (χ3n) is 6.75. The molecule has 9 heteroatoms. The molecule has 1 aliphatic heterocycles. The number of nitrogens with zero attached hydrogens (tertiary/aromatic N) is 3. The van der Waals surface area contributed by atoms with Crippen LogP contribution in [-0.2, 0) is 31.1 Å². The Morgan fingerprint density at radius 3 is 2.68 bits per heavy atom. The highest BCUT2D eigenvalue weighted by Crippen LogP contribution is 2.33. The summed E-state index contributed by atoms with van der Waals surface area (Å²) in [6, 6.07) is 11.6. The Morgan fingerprint density at radius 1 is 1.18 bits per heavy atom. The number of piperidine rings is 1. The molecule has 0 radical (unpaired) electrons. The minimum Gasteiger partial charge on any atom is -0.361 e. The number of amides is 1. The number of aromatic amines is 1. The van der Waals surface area contributed by atoms with Gasteiger partial charge in [0.15, 0.2) is 0 Å². The van der Waals surface area contributed by atoms with Crippen LogP contribution in [0.4, 0.5) is 13.2 Å². The van der Waals surface area contributed by atoms with Crippen molar-refractivity contribution < 1.29 is 18.0 Å². The van der Waals surface area contributed by atoms with Crippen molar-refractivity contribution in [3.63, 3.8) is 0 Å². The molecule has 178 valence electrons. The number of imidazole rings is 1.